The predicted octanol–water partition coefficient (Wildman–Crippen LogP) is 1.73. The van der Waals surface area contributed by atoms with Gasteiger partial charge in [0, 0.05) is 31.0 Å². The fraction of sp³-hybridized carbons (Fsp3) is 0.294. The van der Waals surface area contributed by atoms with Crippen LogP contribution < -0.4 is 4.90 Å². The molecule has 118 valence electrons. The van der Waals surface area contributed by atoms with Gasteiger partial charge in [0.2, 0.25) is 0 Å². The molecule has 1 fully saturated rings. The summed E-state index contributed by atoms with van der Waals surface area (Å²) in [6.07, 6.45) is 5.61. The molecule has 4 rings (SSSR count). The lowest BCUT2D eigenvalue weighted by molar-refractivity contribution is 0.122. The molecule has 23 heavy (non-hydrogen) atoms. The number of imidazole rings is 1. The van der Waals surface area contributed by atoms with Crippen molar-refractivity contribution in [1.82, 2.24) is 14.4 Å². The summed E-state index contributed by atoms with van der Waals surface area (Å²) < 4.78 is 7.47. The molecule has 1 aliphatic heterocycles. The molecule has 1 aliphatic rings. The maximum Gasteiger partial charge on any atom is 0.180 e. The average molecular weight is 310 g/mol. The van der Waals surface area contributed by atoms with Gasteiger partial charge in [0.05, 0.1) is 31.7 Å². The summed E-state index contributed by atoms with van der Waals surface area (Å²) in [5.74, 6) is 0.897. The first kappa shape index (κ1) is 14.2. The number of nitrogens with zero attached hydrogens (tertiary/aromatic N) is 4. The summed E-state index contributed by atoms with van der Waals surface area (Å²) >= 11 is 0. The van der Waals surface area contributed by atoms with Crippen LogP contribution in [0.15, 0.2) is 42.9 Å². The Labute approximate surface area is 134 Å². The van der Waals surface area contributed by atoms with Crippen molar-refractivity contribution in [3.8, 4) is 11.3 Å². The molecule has 2 aromatic heterocycles. The van der Waals surface area contributed by atoms with Crippen LogP contribution in [0.3, 0.4) is 0 Å². The monoisotopic (exact) mass is 310 g/mol. The highest BCUT2D eigenvalue weighted by molar-refractivity contribution is 5.71. The SMILES string of the molecule is OCc1ccc(-c2cnc3c(N4CCOCC4)nccn23)cc1. The molecule has 6 heteroatoms. The minimum Gasteiger partial charge on any atom is -0.392 e. The summed E-state index contributed by atoms with van der Waals surface area (Å²) in [7, 11) is 0. The highest BCUT2D eigenvalue weighted by Gasteiger charge is 2.18. The summed E-state index contributed by atoms with van der Waals surface area (Å²) in [5.41, 5.74) is 3.84. The Morgan fingerprint density at radius 1 is 1.09 bits per heavy atom. The third-order valence-corrected chi connectivity index (χ3v) is 4.15. The number of anilines is 1. The number of morpholine rings is 1. The highest BCUT2D eigenvalue weighted by Crippen LogP contribution is 2.25. The number of benzene rings is 1. The molecule has 3 aromatic rings. The number of hydrogen-bond acceptors (Lipinski definition) is 5. The normalized spacial score (nSPS) is 15.3. The third kappa shape index (κ3) is 2.56. The van der Waals surface area contributed by atoms with Crippen LogP contribution in [-0.4, -0.2) is 45.8 Å². The molecule has 0 atom stereocenters. The molecule has 0 radical (unpaired) electrons. The topological polar surface area (TPSA) is 62.9 Å². The van der Waals surface area contributed by atoms with E-state index in [4.69, 9.17) is 9.84 Å². The lowest BCUT2D eigenvalue weighted by atomic mass is 10.1. The Bertz CT molecular complexity index is 807. The van der Waals surface area contributed by atoms with Crippen molar-refractivity contribution >= 4 is 11.5 Å². The van der Waals surface area contributed by atoms with E-state index in [2.05, 4.69) is 19.3 Å². The number of ether oxygens (including phenoxy) is 1. The Balaban J connectivity index is 1.77. The number of aliphatic hydroxyl groups is 1. The van der Waals surface area contributed by atoms with Crippen LogP contribution >= 0.6 is 0 Å². The summed E-state index contributed by atoms with van der Waals surface area (Å²) in [5, 5.41) is 9.17. The molecule has 0 spiro atoms. The van der Waals surface area contributed by atoms with E-state index in [1.165, 1.54) is 0 Å². The van der Waals surface area contributed by atoms with Crippen molar-refractivity contribution in [1.29, 1.82) is 0 Å². The second kappa shape index (κ2) is 5.98. The minimum atomic E-state index is 0.0541. The Kier molecular flexibility index (Phi) is 3.69. The zero-order valence-corrected chi connectivity index (χ0v) is 12.7. The minimum absolute atomic E-state index is 0.0541. The van der Waals surface area contributed by atoms with Crippen LogP contribution in [0.25, 0.3) is 16.9 Å². The molecular weight excluding hydrogens is 292 g/mol. The number of rotatable bonds is 3. The quantitative estimate of drug-likeness (QED) is 0.798. The smallest absolute Gasteiger partial charge is 0.180 e. The lowest BCUT2D eigenvalue weighted by Gasteiger charge is -2.27. The summed E-state index contributed by atoms with van der Waals surface area (Å²) in [6, 6.07) is 7.87. The standard InChI is InChI=1S/C17H18N4O2/c22-12-13-1-3-14(4-2-13)15-11-19-17-16(18-5-6-21(15)17)20-7-9-23-10-8-20/h1-6,11,22H,7-10,12H2. The fourth-order valence-corrected chi connectivity index (χ4v) is 2.90. The van der Waals surface area contributed by atoms with E-state index in [0.717, 1.165) is 54.6 Å². The van der Waals surface area contributed by atoms with Gasteiger partial charge in [0.1, 0.15) is 0 Å². The zero-order chi connectivity index (χ0) is 15.6. The van der Waals surface area contributed by atoms with Gasteiger partial charge in [0.25, 0.3) is 0 Å². The van der Waals surface area contributed by atoms with Gasteiger partial charge in [0.15, 0.2) is 11.5 Å². The van der Waals surface area contributed by atoms with Crippen molar-refractivity contribution in [2.45, 2.75) is 6.61 Å². The second-order valence-corrected chi connectivity index (χ2v) is 5.54. The predicted molar refractivity (Wildman–Crippen MR) is 87.4 cm³/mol. The number of hydrogen-bond donors (Lipinski definition) is 1. The van der Waals surface area contributed by atoms with Crippen LogP contribution in [0, 0.1) is 0 Å². The van der Waals surface area contributed by atoms with E-state index in [9.17, 15) is 0 Å². The van der Waals surface area contributed by atoms with Gasteiger partial charge in [-0.2, -0.15) is 0 Å². The summed E-state index contributed by atoms with van der Waals surface area (Å²) in [4.78, 5) is 11.3. The van der Waals surface area contributed by atoms with Crippen LogP contribution in [0.2, 0.25) is 0 Å². The van der Waals surface area contributed by atoms with Gasteiger partial charge < -0.3 is 14.7 Å². The van der Waals surface area contributed by atoms with Crippen LogP contribution in [-0.2, 0) is 11.3 Å². The van der Waals surface area contributed by atoms with Gasteiger partial charge in [-0.1, -0.05) is 24.3 Å². The molecule has 0 bridgehead atoms. The number of aliphatic hydroxyl groups excluding tert-OH is 1. The number of aromatic nitrogens is 3. The van der Waals surface area contributed by atoms with Crippen LogP contribution in [0.5, 0.6) is 0 Å². The Morgan fingerprint density at radius 2 is 1.87 bits per heavy atom. The molecule has 1 aromatic carbocycles. The largest absolute Gasteiger partial charge is 0.392 e. The maximum atomic E-state index is 9.17. The van der Waals surface area contributed by atoms with E-state index in [1.807, 2.05) is 42.9 Å². The van der Waals surface area contributed by atoms with Crippen molar-refractivity contribution < 1.29 is 9.84 Å². The van der Waals surface area contributed by atoms with E-state index in [-0.39, 0.29) is 6.61 Å². The first-order valence-electron chi connectivity index (χ1n) is 7.72. The van der Waals surface area contributed by atoms with E-state index in [1.54, 1.807) is 0 Å². The van der Waals surface area contributed by atoms with E-state index >= 15 is 0 Å². The van der Waals surface area contributed by atoms with Gasteiger partial charge in [-0.3, -0.25) is 4.40 Å². The lowest BCUT2D eigenvalue weighted by Crippen LogP contribution is -2.37. The molecule has 6 nitrogen and oxygen atoms in total. The van der Waals surface area contributed by atoms with E-state index in [0.29, 0.717) is 0 Å². The Morgan fingerprint density at radius 3 is 2.61 bits per heavy atom. The fourth-order valence-electron chi connectivity index (χ4n) is 2.90. The molecular formula is C17H18N4O2. The van der Waals surface area contributed by atoms with Crippen molar-refractivity contribution in [2.75, 3.05) is 31.2 Å². The van der Waals surface area contributed by atoms with Crippen LogP contribution in [0.4, 0.5) is 5.82 Å². The van der Waals surface area contributed by atoms with Crippen molar-refractivity contribution in [2.24, 2.45) is 0 Å². The molecule has 0 saturated carbocycles. The van der Waals surface area contributed by atoms with Gasteiger partial charge in [-0.25, -0.2) is 9.97 Å². The van der Waals surface area contributed by atoms with Crippen molar-refractivity contribution in [3.63, 3.8) is 0 Å². The van der Waals surface area contributed by atoms with Gasteiger partial charge >= 0.3 is 0 Å². The molecule has 1 N–H and O–H groups in total. The number of fused-ring (bicyclic) bond motifs is 1. The second-order valence-electron chi connectivity index (χ2n) is 5.54. The Hall–Kier alpha value is -2.44. The van der Waals surface area contributed by atoms with Crippen molar-refractivity contribution in [3.05, 3.63) is 48.4 Å². The molecule has 0 unspecified atom stereocenters. The van der Waals surface area contributed by atoms with E-state index < -0.39 is 0 Å². The maximum absolute atomic E-state index is 9.17. The zero-order valence-electron chi connectivity index (χ0n) is 12.7. The third-order valence-electron chi connectivity index (χ3n) is 4.15. The molecule has 0 aliphatic carbocycles. The molecule has 3 heterocycles. The molecule has 1 saturated heterocycles. The first-order valence-corrected chi connectivity index (χ1v) is 7.72. The summed E-state index contributed by atoms with van der Waals surface area (Å²) in [6.45, 7) is 3.16. The average Bonchev–Trinajstić information content (AvgIpc) is 3.06. The van der Waals surface area contributed by atoms with Gasteiger partial charge in [-0.15, -0.1) is 0 Å². The highest BCUT2D eigenvalue weighted by atomic mass is 16.5. The van der Waals surface area contributed by atoms with Gasteiger partial charge in [-0.05, 0) is 5.56 Å². The molecule has 0 amide bonds. The van der Waals surface area contributed by atoms with Crippen LogP contribution in [0.1, 0.15) is 5.56 Å². The first-order chi connectivity index (χ1) is 11.4.